The van der Waals surface area contributed by atoms with E-state index in [2.05, 4.69) is 10.6 Å². The molecule has 114 valence electrons. The maximum Gasteiger partial charge on any atom is 0.319 e. The van der Waals surface area contributed by atoms with Gasteiger partial charge in [0.1, 0.15) is 5.82 Å². The van der Waals surface area contributed by atoms with Gasteiger partial charge in [0.15, 0.2) is 0 Å². The highest BCUT2D eigenvalue weighted by Crippen LogP contribution is 2.14. The third kappa shape index (κ3) is 4.18. The molecule has 6 heteroatoms. The Morgan fingerprint density at radius 2 is 1.95 bits per heavy atom. The van der Waals surface area contributed by atoms with Crippen LogP contribution in [0.4, 0.5) is 14.9 Å². The second-order valence-corrected chi connectivity index (χ2v) is 5.09. The summed E-state index contributed by atoms with van der Waals surface area (Å²) in [4.78, 5) is 25.2. The topological polar surface area (TPSA) is 61.4 Å². The molecule has 0 radical (unpaired) electrons. The minimum Gasteiger partial charge on any atom is -0.343 e. The summed E-state index contributed by atoms with van der Waals surface area (Å²) >= 11 is 0. The van der Waals surface area contributed by atoms with Crippen LogP contribution < -0.4 is 10.6 Å². The van der Waals surface area contributed by atoms with Crippen LogP contribution in [0.15, 0.2) is 24.3 Å². The van der Waals surface area contributed by atoms with E-state index in [0.29, 0.717) is 19.5 Å². The molecule has 1 saturated heterocycles. The van der Waals surface area contributed by atoms with Crippen molar-refractivity contribution in [2.24, 2.45) is 0 Å². The van der Waals surface area contributed by atoms with Gasteiger partial charge in [-0.2, -0.15) is 0 Å². The summed E-state index contributed by atoms with van der Waals surface area (Å²) in [6.07, 6.45) is 1.94. The molecule has 0 bridgehead atoms. The number of anilines is 1. The molecule has 3 amide bonds. The maximum atomic E-state index is 13.4. The molecule has 2 N–H and O–H groups in total. The Hall–Kier alpha value is -2.11. The van der Waals surface area contributed by atoms with Crippen LogP contribution in [0.2, 0.25) is 0 Å². The van der Waals surface area contributed by atoms with Crippen LogP contribution in [-0.4, -0.2) is 36.0 Å². The molecule has 1 aromatic rings. The van der Waals surface area contributed by atoms with Crippen LogP contribution in [0, 0.1) is 5.82 Å². The van der Waals surface area contributed by atoms with Crippen LogP contribution in [0.25, 0.3) is 0 Å². The Morgan fingerprint density at radius 3 is 2.57 bits per heavy atom. The van der Waals surface area contributed by atoms with Gasteiger partial charge < -0.3 is 15.5 Å². The number of benzene rings is 1. The van der Waals surface area contributed by atoms with Gasteiger partial charge in [-0.3, -0.25) is 4.79 Å². The predicted octanol–water partition coefficient (Wildman–Crippen LogP) is 2.35. The molecular formula is C15H20FN3O2. The Morgan fingerprint density at radius 1 is 1.29 bits per heavy atom. The summed E-state index contributed by atoms with van der Waals surface area (Å²) in [7, 11) is 0. The van der Waals surface area contributed by atoms with Crippen molar-refractivity contribution in [1.29, 1.82) is 0 Å². The van der Waals surface area contributed by atoms with Gasteiger partial charge in [0, 0.05) is 25.6 Å². The van der Waals surface area contributed by atoms with Crippen molar-refractivity contribution >= 4 is 17.6 Å². The smallest absolute Gasteiger partial charge is 0.319 e. The van der Waals surface area contributed by atoms with Gasteiger partial charge >= 0.3 is 6.03 Å². The molecule has 0 unspecified atom stereocenters. The molecule has 0 aliphatic carbocycles. The van der Waals surface area contributed by atoms with Crippen LogP contribution >= 0.6 is 0 Å². The second kappa shape index (κ2) is 7.06. The number of amides is 3. The van der Waals surface area contributed by atoms with Gasteiger partial charge in [-0.1, -0.05) is 19.1 Å². The Labute approximate surface area is 123 Å². The first-order chi connectivity index (χ1) is 10.1. The zero-order valence-electron chi connectivity index (χ0n) is 12.1. The second-order valence-electron chi connectivity index (χ2n) is 5.09. The number of nitrogens with one attached hydrogen (secondary N) is 2. The summed E-state index contributed by atoms with van der Waals surface area (Å²) in [5.41, 5.74) is 0.161. The van der Waals surface area contributed by atoms with E-state index in [1.165, 1.54) is 12.1 Å². The number of hydrogen-bond donors (Lipinski definition) is 2. The van der Waals surface area contributed by atoms with Crippen molar-refractivity contribution in [1.82, 2.24) is 10.2 Å². The minimum atomic E-state index is -0.462. The van der Waals surface area contributed by atoms with E-state index in [1.54, 1.807) is 12.1 Å². The lowest BCUT2D eigenvalue weighted by Gasteiger charge is -2.32. The lowest BCUT2D eigenvalue weighted by atomic mass is 10.0. The van der Waals surface area contributed by atoms with Gasteiger partial charge in [-0.15, -0.1) is 0 Å². The molecule has 21 heavy (non-hydrogen) atoms. The molecule has 1 aliphatic rings. The van der Waals surface area contributed by atoms with Crippen LogP contribution in [0.5, 0.6) is 0 Å². The number of carbonyl (C=O) groups is 2. The lowest BCUT2D eigenvalue weighted by molar-refractivity contribution is -0.131. The van der Waals surface area contributed by atoms with Gasteiger partial charge in [0.05, 0.1) is 5.69 Å². The molecule has 0 saturated carbocycles. The van der Waals surface area contributed by atoms with Gasteiger partial charge in [0.25, 0.3) is 0 Å². The molecule has 0 aromatic heterocycles. The minimum absolute atomic E-state index is 0.0117. The first kappa shape index (κ1) is 15.3. The monoisotopic (exact) mass is 293 g/mol. The highest BCUT2D eigenvalue weighted by molar-refractivity contribution is 5.89. The molecule has 1 fully saturated rings. The van der Waals surface area contributed by atoms with Crippen molar-refractivity contribution in [3.05, 3.63) is 30.1 Å². The van der Waals surface area contributed by atoms with Crippen molar-refractivity contribution in [2.75, 3.05) is 18.4 Å². The van der Waals surface area contributed by atoms with E-state index in [0.717, 1.165) is 12.8 Å². The van der Waals surface area contributed by atoms with Crippen molar-refractivity contribution < 1.29 is 14.0 Å². The number of hydrogen-bond acceptors (Lipinski definition) is 2. The van der Waals surface area contributed by atoms with E-state index in [1.807, 2.05) is 11.8 Å². The van der Waals surface area contributed by atoms with E-state index in [-0.39, 0.29) is 17.6 Å². The third-order valence-electron chi connectivity index (χ3n) is 3.61. The van der Waals surface area contributed by atoms with Gasteiger partial charge in [-0.05, 0) is 25.0 Å². The highest BCUT2D eigenvalue weighted by atomic mass is 19.1. The molecular weight excluding hydrogens is 273 g/mol. The Balaban J connectivity index is 1.80. The summed E-state index contributed by atoms with van der Waals surface area (Å²) in [6, 6.07) is 5.63. The zero-order chi connectivity index (χ0) is 15.2. The van der Waals surface area contributed by atoms with Gasteiger partial charge in [0.2, 0.25) is 5.91 Å². The SMILES string of the molecule is CCC(=O)N1CCC(NC(=O)Nc2ccccc2F)CC1. The number of nitrogens with zero attached hydrogens (tertiary/aromatic N) is 1. The fraction of sp³-hybridized carbons (Fsp3) is 0.467. The van der Waals surface area contributed by atoms with Crippen LogP contribution in [0.1, 0.15) is 26.2 Å². The number of rotatable bonds is 3. The average molecular weight is 293 g/mol. The number of piperidine rings is 1. The largest absolute Gasteiger partial charge is 0.343 e. The standard InChI is InChI=1S/C15H20FN3O2/c1-2-14(20)19-9-7-11(8-10-19)17-15(21)18-13-6-4-3-5-12(13)16/h3-6,11H,2,7-10H2,1H3,(H2,17,18,21). The normalized spacial score (nSPS) is 15.6. The number of halogens is 1. The van der Waals surface area contributed by atoms with E-state index in [4.69, 9.17) is 0 Å². The van der Waals surface area contributed by atoms with Crippen molar-refractivity contribution in [3.63, 3.8) is 0 Å². The molecule has 0 spiro atoms. The predicted molar refractivity (Wildman–Crippen MR) is 78.4 cm³/mol. The molecule has 0 atom stereocenters. The summed E-state index contributed by atoms with van der Waals surface area (Å²) in [6.45, 7) is 3.14. The first-order valence-electron chi connectivity index (χ1n) is 7.20. The number of carbonyl (C=O) groups excluding carboxylic acids is 2. The average Bonchev–Trinajstić information content (AvgIpc) is 2.49. The number of urea groups is 1. The van der Waals surface area contributed by atoms with Crippen LogP contribution in [0.3, 0.4) is 0 Å². The molecule has 5 nitrogen and oxygen atoms in total. The molecule has 1 aromatic carbocycles. The fourth-order valence-electron chi connectivity index (χ4n) is 2.40. The quantitative estimate of drug-likeness (QED) is 0.898. The maximum absolute atomic E-state index is 13.4. The molecule has 1 aliphatic heterocycles. The van der Waals surface area contributed by atoms with E-state index < -0.39 is 11.8 Å². The third-order valence-corrected chi connectivity index (χ3v) is 3.61. The number of para-hydroxylation sites is 1. The summed E-state index contributed by atoms with van der Waals surface area (Å²) < 4.78 is 13.4. The lowest BCUT2D eigenvalue weighted by Crippen LogP contribution is -2.47. The molecule has 1 heterocycles. The number of likely N-dealkylation sites (tertiary alicyclic amines) is 1. The zero-order valence-corrected chi connectivity index (χ0v) is 12.1. The van der Waals surface area contributed by atoms with Crippen molar-refractivity contribution in [2.45, 2.75) is 32.2 Å². The van der Waals surface area contributed by atoms with E-state index in [9.17, 15) is 14.0 Å². The van der Waals surface area contributed by atoms with E-state index >= 15 is 0 Å². The Kier molecular flexibility index (Phi) is 5.14. The highest BCUT2D eigenvalue weighted by Gasteiger charge is 2.23. The van der Waals surface area contributed by atoms with Gasteiger partial charge in [-0.25, -0.2) is 9.18 Å². The summed E-state index contributed by atoms with van der Waals surface area (Å²) in [5, 5.41) is 5.31. The van der Waals surface area contributed by atoms with Crippen LogP contribution in [-0.2, 0) is 4.79 Å². The first-order valence-corrected chi connectivity index (χ1v) is 7.20. The Bertz CT molecular complexity index is 513. The van der Waals surface area contributed by atoms with Crippen molar-refractivity contribution in [3.8, 4) is 0 Å². The summed E-state index contributed by atoms with van der Waals surface area (Å²) in [5.74, 6) is -0.319. The fourth-order valence-corrected chi connectivity index (χ4v) is 2.40. The molecule has 2 rings (SSSR count).